The number of hydrogen-bond acceptors (Lipinski definition) is 2. The first kappa shape index (κ1) is 43.6. The van der Waals surface area contributed by atoms with E-state index in [1.165, 1.54) is 106 Å². The molecule has 0 aromatic heterocycles. The topological polar surface area (TPSA) is 6.48 Å². The number of anilines is 5. The molecule has 0 aliphatic heterocycles. The van der Waals surface area contributed by atoms with Crippen LogP contribution in [0.15, 0.2) is 231 Å². The second-order valence-electron chi connectivity index (χ2n) is 22.5. The molecule has 2 unspecified atom stereocenters. The van der Waals surface area contributed by atoms with E-state index in [1.54, 1.807) is 0 Å². The van der Waals surface area contributed by atoms with Gasteiger partial charge in [-0.2, -0.15) is 0 Å². The lowest BCUT2D eigenvalue weighted by Crippen LogP contribution is -2.30. The molecule has 0 fully saturated rings. The number of benzene rings is 10. The van der Waals surface area contributed by atoms with E-state index in [0.29, 0.717) is 0 Å². The van der Waals surface area contributed by atoms with Crippen molar-refractivity contribution >= 4 is 44.9 Å². The van der Waals surface area contributed by atoms with Crippen LogP contribution in [0.5, 0.6) is 0 Å². The number of allylic oxidation sites excluding steroid dienone is 1. The molecule has 4 aliphatic carbocycles. The van der Waals surface area contributed by atoms with Gasteiger partial charge in [0.05, 0.1) is 17.1 Å². The summed E-state index contributed by atoms with van der Waals surface area (Å²) in [5.41, 5.74) is 25.7. The molecule has 0 bridgehead atoms. The zero-order valence-electron chi connectivity index (χ0n) is 42.5. The Balaban J connectivity index is 0.924. The molecule has 10 aromatic rings. The molecule has 0 amide bonds. The van der Waals surface area contributed by atoms with Crippen LogP contribution in [-0.4, -0.2) is 0 Å². The molecule has 0 heterocycles. The predicted octanol–water partition coefficient (Wildman–Crippen LogP) is 18.8. The van der Waals surface area contributed by atoms with Crippen LogP contribution in [-0.2, 0) is 16.2 Å². The summed E-state index contributed by atoms with van der Waals surface area (Å²) in [5.74, 6) is 0.453. The van der Waals surface area contributed by atoms with Crippen LogP contribution in [0.2, 0.25) is 0 Å². The van der Waals surface area contributed by atoms with Gasteiger partial charge in [0.25, 0.3) is 0 Å². The fourth-order valence-electron chi connectivity index (χ4n) is 13.9. The van der Waals surface area contributed by atoms with Gasteiger partial charge in [0.1, 0.15) is 0 Å². The molecular weight excluding hydrogens is 881 g/mol. The van der Waals surface area contributed by atoms with Crippen molar-refractivity contribution in [3.05, 3.63) is 275 Å². The van der Waals surface area contributed by atoms with E-state index in [0.717, 1.165) is 17.1 Å². The minimum atomic E-state index is -0.246. The molecule has 0 saturated carbocycles. The predicted molar refractivity (Wildman–Crippen MR) is 307 cm³/mol. The second-order valence-corrected chi connectivity index (χ2v) is 22.5. The van der Waals surface area contributed by atoms with Crippen LogP contribution < -0.4 is 9.80 Å². The van der Waals surface area contributed by atoms with Gasteiger partial charge in [-0.05, 0) is 150 Å². The summed E-state index contributed by atoms with van der Waals surface area (Å²) >= 11 is 0. The van der Waals surface area contributed by atoms with E-state index in [-0.39, 0.29) is 28.1 Å². The van der Waals surface area contributed by atoms with Crippen LogP contribution in [0.25, 0.3) is 49.9 Å². The van der Waals surface area contributed by atoms with Crippen molar-refractivity contribution in [1.82, 2.24) is 0 Å². The maximum Gasteiger partial charge on any atom is 0.0543 e. The Kier molecular flexibility index (Phi) is 9.49. The Labute approximate surface area is 430 Å². The minimum Gasteiger partial charge on any atom is -0.310 e. The average molecular weight is 939 g/mol. The Hall–Kier alpha value is -8.20. The molecule has 352 valence electrons. The molecule has 0 N–H and O–H groups in total. The number of para-hydroxylation sites is 4. The van der Waals surface area contributed by atoms with Gasteiger partial charge in [-0.3, -0.25) is 0 Å². The van der Waals surface area contributed by atoms with Gasteiger partial charge in [-0.15, -0.1) is 0 Å². The van der Waals surface area contributed by atoms with E-state index < -0.39 is 0 Å². The van der Waals surface area contributed by atoms with Gasteiger partial charge in [0.15, 0.2) is 0 Å². The highest BCUT2D eigenvalue weighted by atomic mass is 15.2. The first-order valence-corrected chi connectivity index (χ1v) is 26.2. The van der Waals surface area contributed by atoms with Gasteiger partial charge >= 0.3 is 0 Å². The lowest BCUT2D eigenvalue weighted by atomic mass is 9.70. The van der Waals surface area contributed by atoms with Crippen molar-refractivity contribution < 1.29 is 0 Å². The van der Waals surface area contributed by atoms with E-state index >= 15 is 0 Å². The molecule has 2 nitrogen and oxygen atoms in total. The van der Waals surface area contributed by atoms with Crippen molar-refractivity contribution in [2.24, 2.45) is 5.92 Å². The standard InChI is InChI=1S/C71H58N2/c1-69(2)58-41-56-60(70(3,4)62-43-65(50-34-19-21-36-52(50)67(56)62)72(46-27-13-8-14-28-46)47-29-15-9-16-30-47)39-54(58)55-40-61-57(42-59(55)69)68-53-37-22-20-35-51(53)66(44-63(68)71(61,5)6)73(48-31-17-10-18-32-48)64-38-24-23-33-49(64)45-25-11-7-12-26-45/h7-44,63,68H,1-6H3. The Morgan fingerprint density at radius 1 is 0.342 bits per heavy atom. The highest BCUT2D eigenvalue weighted by molar-refractivity contribution is 6.10. The van der Waals surface area contributed by atoms with Crippen LogP contribution >= 0.6 is 0 Å². The number of hydrogen-bond donors (Lipinski definition) is 0. The summed E-state index contributed by atoms with van der Waals surface area (Å²) in [5, 5.41) is 2.56. The third-order valence-corrected chi connectivity index (χ3v) is 17.5. The lowest BCUT2D eigenvalue weighted by Gasteiger charge is -2.39. The lowest BCUT2D eigenvalue weighted by molar-refractivity contribution is 0.389. The normalized spacial score (nSPS) is 17.6. The molecular formula is C71H58N2. The second kappa shape index (κ2) is 15.9. The van der Waals surface area contributed by atoms with Crippen molar-refractivity contribution in [2.45, 2.75) is 63.7 Å². The average Bonchev–Trinajstić information content (AvgIpc) is 3.91. The van der Waals surface area contributed by atoms with Crippen LogP contribution in [0.4, 0.5) is 28.4 Å². The fraction of sp³-hybridized carbons (Fsp3) is 0.155. The zero-order valence-corrected chi connectivity index (χ0v) is 42.5. The van der Waals surface area contributed by atoms with Crippen molar-refractivity contribution in [2.75, 3.05) is 9.80 Å². The maximum absolute atomic E-state index is 2.65. The van der Waals surface area contributed by atoms with Gasteiger partial charge in [-0.1, -0.05) is 205 Å². The molecule has 4 aliphatic rings. The van der Waals surface area contributed by atoms with Gasteiger partial charge in [0.2, 0.25) is 0 Å². The van der Waals surface area contributed by atoms with Crippen LogP contribution in [0.3, 0.4) is 0 Å². The molecule has 0 saturated heterocycles. The Morgan fingerprint density at radius 3 is 1.48 bits per heavy atom. The monoisotopic (exact) mass is 938 g/mol. The van der Waals surface area contributed by atoms with Gasteiger partial charge in [-0.25, -0.2) is 0 Å². The first-order chi connectivity index (χ1) is 35.5. The highest BCUT2D eigenvalue weighted by Crippen LogP contribution is 2.64. The maximum atomic E-state index is 2.65. The van der Waals surface area contributed by atoms with E-state index in [2.05, 4.69) is 282 Å². The quantitative estimate of drug-likeness (QED) is 0.157. The summed E-state index contributed by atoms with van der Waals surface area (Å²) in [4.78, 5) is 4.98. The van der Waals surface area contributed by atoms with Crippen molar-refractivity contribution in [1.29, 1.82) is 0 Å². The number of nitrogens with zero attached hydrogens (tertiary/aromatic N) is 2. The molecule has 10 aromatic carbocycles. The molecule has 2 atom stereocenters. The third-order valence-electron chi connectivity index (χ3n) is 17.5. The van der Waals surface area contributed by atoms with Crippen molar-refractivity contribution in [3.63, 3.8) is 0 Å². The SMILES string of the molecule is CC1(C)c2cc3c(cc2-c2cc4c(cc21)C1c2ccccc2C(N(c2ccccc2)c2ccccc2-c2ccccc2)=CC1C4(C)C)C(C)(C)c1cc(N(c2ccccc2)c2ccccc2)c2ccccc2c1-3. The van der Waals surface area contributed by atoms with Crippen LogP contribution in [0.1, 0.15) is 92.0 Å². The largest absolute Gasteiger partial charge is 0.310 e. The van der Waals surface area contributed by atoms with E-state index in [1.807, 2.05) is 0 Å². The van der Waals surface area contributed by atoms with E-state index in [4.69, 9.17) is 0 Å². The van der Waals surface area contributed by atoms with Gasteiger partial charge < -0.3 is 9.80 Å². The number of fused-ring (bicyclic) bond motifs is 13. The van der Waals surface area contributed by atoms with Crippen LogP contribution in [0, 0.1) is 5.92 Å². The Bertz CT molecular complexity index is 3840. The minimum absolute atomic E-state index is 0.160. The summed E-state index contributed by atoms with van der Waals surface area (Å²) in [6.07, 6.45) is 2.65. The summed E-state index contributed by atoms with van der Waals surface area (Å²) in [6, 6.07) is 83.9. The Morgan fingerprint density at radius 2 is 0.822 bits per heavy atom. The number of rotatable bonds is 7. The molecule has 2 heteroatoms. The molecule has 73 heavy (non-hydrogen) atoms. The van der Waals surface area contributed by atoms with Gasteiger partial charge in [0, 0.05) is 50.3 Å². The first-order valence-electron chi connectivity index (χ1n) is 26.2. The fourth-order valence-corrected chi connectivity index (χ4v) is 13.9. The van der Waals surface area contributed by atoms with Crippen molar-refractivity contribution in [3.8, 4) is 33.4 Å². The smallest absolute Gasteiger partial charge is 0.0543 e. The molecule has 0 spiro atoms. The molecule has 14 rings (SSSR count). The third kappa shape index (κ3) is 6.29. The zero-order chi connectivity index (χ0) is 49.4. The summed E-state index contributed by atoms with van der Waals surface area (Å²) < 4.78 is 0. The summed E-state index contributed by atoms with van der Waals surface area (Å²) in [6.45, 7) is 14.9. The highest BCUT2D eigenvalue weighted by Gasteiger charge is 2.51. The molecule has 0 radical (unpaired) electrons. The van der Waals surface area contributed by atoms with E-state index in [9.17, 15) is 0 Å². The summed E-state index contributed by atoms with van der Waals surface area (Å²) in [7, 11) is 0.